The number of fused-ring (bicyclic) bond motifs is 1. The lowest BCUT2D eigenvalue weighted by Crippen LogP contribution is -2.03. The molecule has 0 saturated heterocycles. The molecule has 0 aliphatic carbocycles. The van der Waals surface area contributed by atoms with Gasteiger partial charge in [-0.3, -0.25) is 4.79 Å². The maximum absolute atomic E-state index is 10.8. The second-order valence-corrected chi connectivity index (χ2v) is 6.09. The van der Waals surface area contributed by atoms with Gasteiger partial charge in [0.15, 0.2) is 5.82 Å². The minimum Gasteiger partial charge on any atom is -0.413 e. The maximum atomic E-state index is 10.8. The number of H-pyrrole nitrogens is 1. The quantitative estimate of drug-likeness (QED) is 0.649. The molecule has 2 heterocycles. The predicted molar refractivity (Wildman–Crippen MR) is 64.5 cm³/mol. The van der Waals surface area contributed by atoms with Crippen molar-refractivity contribution in [1.82, 2.24) is 9.97 Å². The zero-order valence-corrected chi connectivity index (χ0v) is 11.0. The lowest BCUT2D eigenvalue weighted by atomic mass is 10.5. The van der Waals surface area contributed by atoms with Crippen LogP contribution in [0.4, 0.5) is 0 Å². The maximum Gasteiger partial charge on any atom is 0.308 e. The van der Waals surface area contributed by atoms with Gasteiger partial charge in [0, 0.05) is 12.3 Å². The van der Waals surface area contributed by atoms with Crippen molar-refractivity contribution in [1.29, 1.82) is 0 Å². The van der Waals surface area contributed by atoms with Crippen LogP contribution in [0.3, 0.4) is 0 Å². The fraction of sp³-hybridized carbons (Fsp3) is 0.250. The van der Waals surface area contributed by atoms with Crippen LogP contribution >= 0.6 is 46.1 Å². The van der Waals surface area contributed by atoms with Crippen molar-refractivity contribution in [3.8, 4) is 5.06 Å². The molecule has 2 aromatic heterocycles. The van der Waals surface area contributed by atoms with Gasteiger partial charge in [0.05, 0.1) is 5.52 Å². The highest BCUT2D eigenvalue weighted by Crippen LogP contribution is 2.40. The van der Waals surface area contributed by atoms with Gasteiger partial charge in [0.25, 0.3) is 0 Å². The monoisotopic (exact) mass is 298 g/mol. The highest BCUT2D eigenvalue weighted by atomic mass is 35.6. The summed E-state index contributed by atoms with van der Waals surface area (Å²) in [6.07, 6.45) is 0. The van der Waals surface area contributed by atoms with E-state index in [2.05, 4.69) is 9.97 Å². The summed E-state index contributed by atoms with van der Waals surface area (Å²) in [5.74, 6) is -0.217. The largest absolute Gasteiger partial charge is 0.413 e. The Kier molecular flexibility index (Phi) is 3.05. The van der Waals surface area contributed by atoms with E-state index in [1.807, 2.05) is 0 Å². The summed E-state index contributed by atoms with van der Waals surface area (Å²) >= 11 is 18.3. The first-order valence-electron chi connectivity index (χ1n) is 4.11. The van der Waals surface area contributed by atoms with E-state index < -0.39 is 9.76 Å². The number of carbonyl (C=O) groups excluding carboxylic acids is 1. The summed E-state index contributed by atoms with van der Waals surface area (Å²) in [7, 11) is 0. The number of carbonyl (C=O) groups is 1. The van der Waals surface area contributed by atoms with Gasteiger partial charge in [-0.25, -0.2) is 4.98 Å². The van der Waals surface area contributed by atoms with Crippen LogP contribution in [0.25, 0.3) is 11.0 Å². The summed E-state index contributed by atoms with van der Waals surface area (Å²) in [6.45, 7) is 1.31. The summed E-state index contributed by atoms with van der Waals surface area (Å²) < 4.78 is 3.34. The average Bonchev–Trinajstić information content (AvgIpc) is 2.64. The van der Waals surface area contributed by atoms with Crippen LogP contribution in [0.2, 0.25) is 0 Å². The average molecular weight is 300 g/mol. The zero-order valence-electron chi connectivity index (χ0n) is 7.88. The number of hydrogen-bond donors (Lipinski definition) is 1. The standard InChI is InChI=1S/C8H5Cl3N2O2S/c1-3(14)15-6-5-4(2-16-6)12-7(13-5)8(9,10)11/h2H,1H3,(H,12,13). The van der Waals surface area contributed by atoms with E-state index in [9.17, 15) is 4.79 Å². The first kappa shape index (κ1) is 12.0. The van der Waals surface area contributed by atoms with E-state index >= 15 is 0 Å². The van der Waals surface area contributed by atoms with Gasteiger partial charge in [-0.15, -0.1) is 11.3 Å². The predicted octanol–water partition coefficient (Wildman–Crippen LogP) is 3.38. The number of halogens is 3. The number of aromatic amines is 1. The van der Waals surface area contributed by atoms with Crippen molar-refractivity contribution in [3.05, 3.63) is 11.2 Å². The van der Waals surface area contributed by atoms with Crippen LogP contribution in [0, 0.1) is 0 Å². The number of aromatic nitrogens is 2. The normalized spacial score (nSPS) is 12.0. The Hall–Kier alpha value is -0.490. The molecule has 0 unspecified atom stereocenters. The Bertz CT molecular complexity index is 543. The molecule has 0 radical (unpaired) electrons. The van der Waals surface area contributed by atoms with Crippen LogP contribution < -0.4 is 4.74 Å². The van der Waals surface area contributed by atoms with Gasteiger partial charge in [-0.05, 0) is 0 Å². The molecule has 16 heavy (non-hydrogen) atoms. The van der Waals surface area contributed by atoms with Crippen LogP contribution in [-0.2, 0) is 8.59 Å². The number of thiophene rings is 1. The summed E-state index contributed by atoms with van der Waals surface area (Å²) in [5.41, 5.74) is 1.16. The molecule has 86 valence electrons. The SMILES string of the molecule is CC(=O)Oc1scc2[nH]c(C(Cl)(Cl)Cl)nc12. The van der Waals surface area contributed by atoms with Gasteiger partial charge < -0.3 is 9.72 Å². The molecular weight excluding hydrogens is 295 g/mol. The Morgan fingerprint density at radius 2 is 2.25 bits per heavy atom. The third kappa shape index (κ3) is 2.27. The molecule has 4 nitrogen and oxygen atoms in total. The van der Waals surface area contributed by atoms with Crippen LogP contribution in [0.15, 0.2) is 5.38 Å². The third-order valence-corrected chi connectivity index (χ3v) is 3.10. The minimum absolute atomic E-state index is 0.198. The molecule has 0 saturated carbocycles. The van der Waals surface area contributed by atoms with Gasteiger partial charge in [0.1, 0.15) is 5.52 Å². The summed E-state index contributed by atoms with van der Waals surface area (Å²) in [4.78, 5) is 17.7. The van der Waals surface area contributed by atoms with E-state index in [0.717, 1.165) is 0 Å². The van der Waals surface area contributed by atoms with E-state index in [1.54, 1.807) is 5.38 Å². The Morgan fingerprint density at radius 3 is 2.81 bits per heavy atom. The Labute approximate surface area is 109 Å². The molecule has 8 heteroatoms. The van der Waals surface area contributed by atoms with Crippen LogP contribution in [-0.4, -0.2) is 15.9 Å². The van der Waals surface area contributed by atoms with Crippen molar-refractivity contribution in [2.45, 2.75) is 10.7 Å². The highest BCUT2D eigenvalue weighted by molar-refractivity contribution is 7.13. The summed E-state index contributed by atoms with van der Waals surface area (Å²) in [6, 6.07) is 0. The zero-order chi connectivity index (χ0) is 11.9. The van der Waals surface area contributed by atoms with E-state index in [0.29, 0.717) is 16.1 Å². The molecule has 1 N–H and O–H groups in total. The topological polar surface area (TPSA) is 55.0 Å². The van der Waals surface area contributed by atoms with Crippen LogP contribution in [0.1, 0.15) is 12.7 Å². The second-order valence-electron chi connectivity index (χ2n) is 2.96. The fourth-order valence-corrected chi connectivity index (χ4v) is 2.23. The van der Waals surface area contributed by atoms with Gasteiger partial charge in [-0.1, -0.05) is 34.8 Å². The van der Waals surface area contributed by atoms with Crippen molar-refractivity contribution in [2.75, 3.05) is 0 Å². The molecule has 0 fully saturated rings. The van der Waals surface area contributed by atoms with Gasteiger partial charge in [-0.2, -0.15) is 0 Å². The Balaban J connectivity index is 2.47. The number of hydrogen-bond acceptors (Lipinski definition) is 4. The number of nitrogens with one attached hydrogen (secondary N) is 1. The van der Waals surface area contributed by atoms with E-state index in [1.165, 1.54) is 18.3 Å². The third-order valence-electron chi connectivity index (χ3n) is 1.71. The van der Waals surface area contributed by atoms with Gasteiger partial charge >= 0.3 is 5.97 Å². The number of nitrogens with zero attached hydrogens (tertiary/aromatic N) is 1. The molecule has 0 aromatic carbocycles. The number of esters is 1. The smallest absolute Gasteiger partial charge is 0.308 e. The van der Waals surface area contributed by atoms with E-state index in [4.69, 9.17) is 39.5 Å². The molecule has 2 rings (SSSR count). The number of alkyl halides is 3. The fourth-order valence-electron chi connectivity index (χ4n) is 1.13. The van der Waals surface area contributed by atoms with Crippen molar-refractivity contribution < 1.29 is 9.53 Å². The molecule has 0 spiro atoms. The first-order valence-corrected chi connectivity index (χ1v) is 6.12. The highest BCUT2D eigenvalue weighted by Gasteiger charge is 2.28. The molecule has 2 aromatic rings. The van der Waals surface area contributed by atoms with E-state index in [-0.39, 0.29) is 5.82 Å². The Morgan fingerprint density at radius 1 is 1.56 bits per heavy atom. The number of imidazole rings is 1. The van der Waals surface area contributed by atoms with Gasteiger partial charge in [0.2, 0.25) is 8.86 Å². The van der Waals surface area contributed by atoms with Crippen molar-refractivity contribution >= 4 is 63.1 Å². The molecule has 0 aliphatic heterocycles. The molecular formula is C8H5Cl3N2O2S. The number of ether oxygens (including phenoxy) is 1. The minimum atomic E-state index is -1.62. The number of rotatable bonds is 1. The first-order chi connectivity index (χ1) is 7.38. The molecule has 0 amide bonds. The van der Waals surface area contributed by atoms with Crippen molar-refractivity contribution in [2.24, 2.45) is 0 Å². The molecule has 0 bridgehead atoms. The van der Waals surface area contributed by atoms with Crippen molar-refractivity contribution in [3.63, 3.8) is 0 Å². The van der Waals surface area contributed by atoms with Crippen LogP contribution in [0.5, 0.6) is 5.06 Å². The lowest BCUT2D eigenvalue weighted by molar-refractivity contribution is -0.131. The molecule has 0 atom stereocenters. The lowest BCUT2D eigenvalue weighted by Gasteiger charge is -2.05. The molecule has 0 aliphatic rings. The summed E-state index contributed by atoms with van der Waals surface area (Å²) in [5, 5.41) is 2.12. The second kappa shape index (κ2) is 4.07.